The second-order valence-corrected chi connectivity index (χ2v) is 6.56. The molecule has 0 unspecified atom stereocenters. The zero-order valence-electron chi connectivity index (χ0n) is 17.3. The molecule has 0 spiro atoms. The van der Waals surface area contributed by atoms with E-state index in [1.807, 2.05) is 13.8 Å². The molecule has 0 fully saturated rings. The van der Waals surface area contributed by atoms with Crippen molar-refractivity contribution in [3.63, 3.8) is 0 Å². The Morgan fingerprint density at radius 2 is 1.18 bits per heavy atom. The van der Waals surface area contributed by atoms with Crippen molar-refractivity contribution in [3.8, 4) is 0 Å². The summed E-state index contributed by atoms with van der Waals surface area (Å²) in [5.41, 5.74) is 3.31. The maximum absolute atomic E-state index is 5.72. The van der Waals surface area contributed by atoms with Crippen molar-refractivity contribution in [2.24, 2.45) is 10.8 Å². The van der Waals surface area contributed by atoms with Crippen LogP contribution in [0.5, 0.6) is 0 Å². The molecular weight excluding hydrogens is 268 g/mol. The Kier molecular flexibility index (Phi) is 11.7. The van der Waals surface area contributed by atoms with Crippen molar-refractivity contribution >= 4 is 0 Å². The summed E-state index contributed by atoms with van der Waals surface area (Å²) in [7, 11) is 1.80. The van der Waals surface area contributed by atoms with Gasteiger partial charge in [0, 0.05) is 0 Å². The standard InChI is InChI=1S/C19H36O.C2H6/c1-10-18(7,11-2)15(5)14-17(20-9)16(6)19(8,12-3)13-4;1-2/h14H,10-13H2,1-9H3;1-2H3/b15-14+,17-16-;. The first-order valence-corrected chi connectivity index (χ1v) is 9.18. The molecule has 0 aromatic heterocycles. The predicted molar refractivity (Wildman–Crippen MR) is 102 cm³/mol. The summed E-state index contributed by atoms with van der Waals surface area (Å²) in [6, 6.07) is 0. The molecule has 0 atom stereocenters. The lowest BCUT2D eigenvalue weighted by atomic mass is 9.75. The van der Waals surface area contributed by atoms with Crippen molar-refractivity contribution in [2.45, 2.75) is 94.9 Å². The van der Waals surface area contributed by atoms with Crippen LogP contribution in [-0.4, -0.2) is 7.11 Å². The number of allylic oxidation sites excluding steroid dienone is 3. The molecule has 0 amide bonds. The average Bonchev–Trinajstić information content (AvgIpc) is 2.58. The Labute approximate surface area is 141 Å². The molecule has 0 saturated heterocycles. The van der Waals surface area contributed by atoms with Gasteiger partial charge in [-0.15, -0.1) is 0 Å². The summed E-state index contributed by atoms with van der Waals surface area (Å²) in [6.45, 7) is 22.2. The van der Waals surface area contributed by atoms with Crippen LogP contribution in [0, 0.1) is 10.8 Å². The Morgan fingerprint density at radius 1 is 0.818 bits per heavy atom. The highest BCUT2D eigenvalue weighted by Crippen LogP contribution is 2.39. The highest BCUT2D eigenvalue weighted by atomic mass is 16.5. The topological polar surface area (TPSA) is 9.23 Å². The van der Waals surface area contributed by atoms with Gasteiger partial charge >= 0.3 is 0 Å². The van der Waals surface area contributed by atoms with E-state index in [4.69, 9.17) is 4.74 Å². The van der Waals surface area contributed by atoms with Crippen LogP contribution in [0.2, 0.25) is 0 Å². The van der Waals surface area contributed by atoms with Crippen LogP contribution < -0.4 is 0 Å². The molecular formula is C21H42O. The van der Waals surface area contributed by atoms with Gasteiger partial charge in [0.2, 0.25) is 0 Å². The van der Waals surface area contributed by atoms with E-state index in [2.05, 4.69) is 61.5 Å². The van der Waals surface area contributed by atoms with Crippen molar-refractivity contribution in [3.05, 3.63) is 23.0 Å². The molecule has 0 aliphatic carbocycles. The second kappa shape index (κ2) is 10.9. The maximum atomic E-state index is 5.72. The summed E-state index contributed by atoms with van der Waals surface area (Å²) >= 11 is 0. The van der Waals surface area contributed by atoms with Gasteiger partial charge in [0.15, 0.2) is 0 Å². The molecule has 0 radical (unpaired) electrons. The smallest absolute Gasteiger partial charge is 0.118 e. The molecule has 0 rings (SSSR count). The molecule has 0 heterocycles. The van der Waals surface area contributed by atoms with E-state index in [0.717, 1.165) is 18.6 Å². The normalized spacial score (nSPS) is 14.0. The van der Waals surface area contributed by atoms with Crippen molar-refractivity contribution in [1.82, 2.24) is 0 Å². The average molecular weight is 311 g/mol. The highest BCUT2D eigenvalue weighted by Gasteiger charge is 2.26. The minimum absolute atomic E-state index is 0.233. The van der Waals surface area contributed by atoms with Crippen LogP contribution in [0.1, 0.15) is 94.9 Å². The Morgan fingerprint density at radius 3 is 1.45 bits per heavy atom. The minimum Gasteiger partial charge on any atom is -0.497 e. The summed E-state index contributed by atoms with van der Waals surface area (Å²) in [5.74, 6) is 1.06. The maximum Gasteiger partial charge on any atom is 0.118 e. The fraction of sp³-hybridized carbons (Fsp3) is 0.810. The second-order valence-electron chi connectivity index (χ2n) is 6.56. The van der Waals surface area contributed by atoms with Crippen molar-refractivity contribution < 1.29 is 4.74 Å². The zero-order valence-corrected chi connectivity index (χ0v) is 17.3. The third-order valence-electron chi connectivity index (χ3n) is 5.92. The number of hydrogen-bond donors (Lipinski definition) is 0. The fourth-order valence-electron chi connectivity index (χ4n) is 2.58. The molecule has 0 saturated carbocycles. The quantitative estimate of drug-likeness (QED) is 0.332. The summed E-state index contributed by atoms with van der Waals surface area (Å²) < 4.78 is 5.72. The lowest BCUT2D eigenvalue weighted by molar-refractivity contribution is 0.272. The van der Waals surface area contributed by atoms with Crippen molar-refractivity contribution in [1.29, 1.82) is 0 Å². The summed E-state index contributed by atoms with van der Waals surface area (Å²) in [5, 5.41) is 0. The molecule has 22 heavy (non-hydrogen) atoms. The van der Waals surface area contributed by atoms with E-state index >= 15 is 0 Å². The van der Waals surface area contributed by atoms with Crippen LogP contribution in [0.4, 0.5) is 0 Å². The van der Waals surface area contributed by atoms with Gasteiger partial charge in [0.05, 0.1) is 7.11 Å². The predicted octanol–water partition coefficient (Wildman–Crippen LogP) is 7.53. The van der Waals surface area contributed by atoms with Gasteiger partial charge in [0.25, 0.3) is 0 Å². The molecule has 1 heteroatoms. The highest BCUT2D eigenvalue weighted by molar-refractivity contribution is 5.29. The van der Waals surface area contributed by atoms with E-state index in [0.29, 0.717) is 0 Å². The summed E-state index contributed by atoms with van der Waals surface area (Å²) in [6.07, 6.45) is 6.90. The Bertz CT molecular complexity index is 352. The fourth-order valence-corrected chi connectivity index (χ4v) is 2.58. The summed E-state index contributed by atoms with van der Waals surface area (Å²) in [4.78, 5) is 0. The van der Waals surface area contributed by atoms with Crippen LogP contribution in [0.25, 0.3) is 0 Å². The van der Waals surface area contributed by atoms with Crippen LogP contribution in [0.15, 0.2) is 23.0 Å². The SMILES string of the molecule is CC.CCC(C)(CC)/C(C)=C(/C=C(\C)C(C)(CC)CC)OC. The molecule has 132 valence electrons. The van der Waals surface area contributed by atoms with Gasteiger partial charge in [-0.2, -0.15) is 0 Å². The van der Waals surface area contributed by atoms with Gasteiger partial charge in [-0.25, -0.2) is 0 Å². The van der Waals surface area contributed by atoms with Crippen LogP contribution in [0.3, 0.4) is 0 Å². The van der Waals surface area contributed by atoms with Gasteiger partial charge in [-0.05, 0) is 62.0 Å². The molecule has 0 aromatic carbocycles. The van der Waals surface area contributed by atoms with E-state index in [9.17, 15) is 0 Å². The zero-order chi connectivity index (χ0) is 18.0. The molecule has 0 aliphatic heterocycles. The lowest BCUT2D eigenvalue weighted by Crippen LogP contribution is -2.19. The van der Waals surface area contributed by atoms with E-state index in [-0.39, 0.29) is 10.8 Å². The Hall–Kier alpha value is -0.720. The van der Waals surface area contributed by atoms with Gasteiger partial charge in [-0.1, -0.05) is 61.0 Å². The first-order valence-electron chi connectivity index (χ1n) is 9.18. The molecule has 0 aliphatic rings. The lowest BCUT2D eigenvalue weighted by Gasteiger charge is -2.31. The van der Waals surface area contributed by atoms with Gasteiger partial charge in [-0.3, -0.25) is 0 Å². The number of methoxy groups -OCH3 is 1. The number of rotatable bonds is 8. The molecule has 0 N–H and O–H groups in total. The van der Waals surface area contributed by atoms with Crippen LogP contribution in [-0.2, 0) is 4.74 Å². The number of ether oxygens (including phenoxy) is 1. The van der Waals surface area contributed by atoms with Gasteiger partial charge < -0.3 is 4.74 Å². The Balaban J connectivity index is 0. The van der Waals surface area contributed by atoms with E-state index in [1.165, 1.54) is 24.0 Å². The minimum atomic E-state index is 0.233. The van der Waals surface area contributed by atoms with E-state index < -0.39 is 0 Å². The van der Waals surface area contributed by atoms with E-state index in [1.54, 1.807) is 7.11 Å². The van der Waals surface area contributed by atoms with Crippen LogP contribution >= 0.6 is 0 Å². The largest absolute Gasteiger partial charge is 0.497 e. The first-order chi connectivity index (χ1) is 10.2. The number of hydrogen-bond acceptors (Lipinski definition) is 1. The molecule has 0 bridgehead atoms. The molecule has 0 aromatic rings. The third kappa shape index (κ3) is 5.82. The molecule has 1 nitrogen and oxygen atoms in total. The van der Waals surface area contributed by atoms with Crippen molar-refractivity contribution in [2.75, 3.05) is 7.11 Å². The first kappa shape index (κ1) is 23.5. The van der Waals surface area contributed by atoms with Gasteiger partial charge in [0.1, 0.15) is 5.76 Å². The third-order valence-corrected chi connectivity index (χ3v) is 5.92. The monoisotopic (exact) mass is 310 g/mol.